The lowest BCUT2D eigenvalue weighted by atomic mass is 9.68. The van der Waals surface area contributed by atoms with Gasteiger partial charge in [0.1, 0.15) is 5.69 Å². The van der Waals surface area contributed by atoms with E-state index in [1.54, 1.807) is 4.90 Å². The number of carbonyl (C=O) groups excluding carboxylic acids is 1. The molecule has 1 N–H and O–H groups in total. The van der Waals surface area contributed by atoms with Gasteiger partial charge in [-0.3, -0.25) is 9.78 Å². The summed E-state index contributed by atoms with van der Waals surface area (Å²) in [5, 5.41) is 3.48. The Kier molecular flexibility index (Phi) is 4.32. The summed E-state index contributed by atoms with van der Waals surface area (Å²) in [7, 11) is 0. The molecule has 0 aromatic carbocycles. The average Bonchev–Trinajstić information content (AvgIpc) is 2.53. The number of rotatable bonds is 2. The van der Waals surface area contributed by atoms with Crippen molar-refractivity contribution in [1.29, 1.82) is 0 Å². The first-order valence-corrected chi connectivity index (χ1v) is 8.24. The molecule has 2 aliphatic rings. The standard InChI is InChI=1S/C17H22F3N3O/c1-16(2)10-22-14(16)11-5-7-23(8-6-11)15(24)13-4-3-12(9-21-13)17(18,19)20/h3-4,9,11,14,22H,5-8,10H2,1-2H3. The number of nitrogens with zero attached hydrogens (tertiary/aromatic N) is 2. The number of likely N-dealkylation sites (tertiary alicyclic amines) is 1. The summed E-state index contributed by atoms with van der Waals surface area (Å²) in [6.07, 6.45) is -1.89. The van der Waals surface area contributed by atoms with Crippen LogP contribution in [-0.2, 0) is 6.18 Å². The highest BCUT2D eigenvalue weighted by atomic mass is 19.4. The van der Waals surface area contributed by atoms with E-state index in [0.29, 0.717) is 30.5 Å². The maximum absolute atomic E-state index is 12.6. The number of alkyl halides is 3. The van der Waals surface area contributed by atoms with E-state index in [1.807, 2.05) is 0 Å². The summed E-state index contributed by atoms with van der Waals surface area (Å²) in [5.41, 5.74) is -0.467. The minimum Gasteiger partial charge on any atom is -0.337 e. The van der Waals surface area contributed by atoms with Crippen LogP contribution in [-0.4, -0.2) is 41.5 Å². The Hall–Kier alpha value is -1.63. The van der Waals surface area contributed by atoms with Crippen molar-refractivity contribution in [3.8, 4) is 0 Å². The molecule has 1 atom stereocenters. The smallest absolute Gasteiger partial charge is 0.337 e. The summed E-state index contributed by atoms with van der Waals surface area (Å²) in [6, 6.07) is 2.56. The van der Waals surface area contributed by atoms with Gasteiger partial charge in [0, 0.05) is 31.9 Å². The Morgan fingerprint density at radius 2 is 1.96 bits per heavy atom. The van der Waals surface area contributed by atoms with Crippen LogP contribution in [0, 0.1) is 11.3 Å². The third-order valence-electron chi connectivity index (χ3n) is 5.23. The Balaban J connectivity index is 1.59. The fourth-order valence-corrected chi connectivity index (χ4v) is 3.72. The topological polar surface area (TPSA) is 45.2 Å². The SMILES string of the molecule is CC1(C)CNC1C1CCN(C(=O)c2ccc(C(F)(F)F)cn2)CC1. The van der Waals surface area contributed by atoms with Gasteiger partial charge in [0.2, 0.25) is 0 Å². The van der Waals surface area contributed by atoms with Crippen LogP contribution in [0.5, 0.6) is 0 Å². The van der Waals surface area contributed by atoms with Crippen LogP contribution in [0.2, 0.25) is 0 Å². The molecule has 24 heavy (non-hydrogen) atoms. The number of aromatic nitrogens is 1. The van der Waals surface area contributed by atoms with Crippen LogP contribution in [0.4, 0.5) is 13.2 Å². The minimum atomic E-state index is -4.44. The Labute approximate surface area is 139 Å². The van der Waals surface area contributed by atoms with E-state index in [1.165, 1.54) is 0 Å². The number of hydrogen-bond donors (Lipinski definition) is 1. The molecule has 0 spiro atoms. The van der Waals surface area contributed by atoms with Gasteiger partial charge >= 0.3 is 6.18 Å². The van der Waals surface area contributed by atoms with Crippen LogP contribution in [0.1, 0.15) is 42.7 Å². The van der Waals surface area contributed by atoms with Crippen LogP contribution in [0.3, 0.4) is 0 Å². The second-order valence-electron chi connectivity index (χ2n) is 7.41. The molecule has 132 valence electrons. The van der Waals surface area contributed by atoms with Crippen LogP contribution < -0.4 is 5.32 Å². The van der Waals surface area contributed by atoms with E-state index < -0.39 is 11.7 Å². The predicted octanol–water partition coefficient (Wildman–Crippen LogP) is 2.95. The average molecular weight is 341 g/mol. The summed E-state index contributed by atoms with van der Waals surface area (Å²) in [6.45, 7) is 6.77. The maximum Gasteiger partial charge on any atom is 0.417 e. The normalized spacial score (nSPS) is 24.5. The third-order valence-corrected chi connectivity index (χ3v) is 5.23. The first-order chi connectivity index (χ1) is 11.2. The van der Waals surface area contributed by atoms with Gasteiger partial charge in [0.25, 0.3) is 5.91 Å². The molecule has 1 aromatic heterocycles. The third kappa shape index (κ3) is 3.27. The zero-order valence-electron chi connectivity index (χ0n) is 13.9. The van der Waals surface area contributed by atoms with Crippen molar-refractivity contribution in [3.63, 3.8) is 0 Å². The minimum absolute atomic E-state index is 0.0727. The number of hydrogen-bond acceptors (Lipinski definition) is 3. The van der Waals surface area contributed by atoms with Crippen LogP contribution in [0.15, 0.2) is 18.3 Å². The van der Waals surface area contributed by atoms with Gasteiger partial charge in [-0.2, -0.15) is 13.2 Å². The van der Waals surface area contributed by atoms with E-state index in [9.17, 15) is 18.0 Å². The van der Waals surface area contributed by atoms with E-state index in [4.69, 9.17) is 0 Å². The second-order valence-corrected chi connectivity index (χ2v) is 7.41. The fraction of sp³-hybridized carbons (Fsp3) is 0.647. The molecule has 0 bridgehead atoms. The van der Waals surface area contributed by atoms with Crippen molar-refractivity contribution < 1.29 is 18.0 Å². The zero-order valence-corrected chi connectivity index (χ0v) is 13.9. The van der Waals surface area contributed by atoms with Crippen molar-refractivity contribution in [2.75, 3.05) is 19.6 Å². The van der Waals surface area contributed by atoms with Gasteiger partial charge in [0.15, 0.2) is 0 Å². The zero-order chi connectivity index (χ0) is 17.5. The molecule has 0 aliphatic carbocycles. The molecule has 2 aliphatic heterocycles. The van der Waals surface area contributed by atoms with Crippen molar-refractivity contribution in [3.05, 3.63) is 29.6 Å². The monoisotopic (exact) mass is 341 g/mol. The van der Waals surface area contributed by atoms with Crippen LogP contribution >= 0.6 is 0 Å². The molecule has 1 amide bonds. The lowest BCUT2D eigenvalue weighted by molar-refractivity contribution is -0.137. The van der Waals surface area contributed by atoms with Crippen molar-refractivity contribution >= 4 is 5.91 Å². The molecule has 4 nitrogen and oxygen atoms in total. The van der Waals surface area contributed by atoms with E-state index in [-0.39, 0.29) is 11.6 Å². The fourth-order valence-electron chi connectivity index (χ4n) is 3.72. The summed E-state index contributed by atoms with van der Waals surface area (Å²) >= 11 is 0. The van der Waals surface area contributed by atoms with Crippen molar-refractivity contribution in [2.45, 2.75) is 38.9 Å². The number of piperidine rings is 1. The number of halogens is 3. The second kappa shape index (κ2) is 6.02. The first-order valence-electron chi connectivity index (χ1n) is 8.24. The Morgan fingerprint density at radius 3 is 2.38 bits per heavy atom. The quantitative estimate of drug-likeness (QED) is 0.900. The largest absolute Gasteiger partial charge is 0.417 e. The van der Waals surface area contributed by atoms with Crippen LogP contribution in [0.25, 0.3) is 0 Å². The van der Waals surface area contributed by atoms with Gasteiger partial charge < -0.3 is 10.2 Å². The van der Waals surface area contributed by atoms with Gasteiger partial charge in [-0.25, -0.2) is 0 Å². The predicted molar refractivity (Wildman–Crippen MR) is 83.4 cm³/mol. The number of amides is 1. The molecule has 2 fully saturated rings. The molecule has 2 saturated heterocycles. The van der Waals surface area contributed by atoms with Gasteiger partial charge in [-0.05, 0) is 36.3 Å². The molecule has 3 heterocycles. The molecule has 0 radical (unpaired) electrons. The Bertz CT molecular complexity index is 605. The molecule has 7 heteroatoms. The number of nitrogens with one attached hydrogen (secondary N) is 1. The highest BCUT2D eigenvalue weighted by Crippen LogP contribution is 2.37. The summed E-state index contributed by atoms with van der Waals surface area (Å²) in [5.74, 6) is 0.251. The van der Waals surface area contributed by atoms with Gasteiger partial charge in [-0.1, -0.05) is 13.8 Å². The molecular weight excluding hydrogens is 319 g/mol. The first kappa shape index (κ1) is 17.2. The van der Waals surface area contributed by atoms with E-state index >= 15 is 0 Å². The molecule has 3 rings (SSSR count). The maximum atomic E-state index is 12.6. The lowest BCUT2D eigenvalue weighted by Crippen LogP contribution is -2.63. The van der Waals surface area contributed by atoms with Crippen molar-refractivity contribution in [2.24, 2.45) is 11.3 Å². The lowest BCUT2D eigenvalue weighted by Gasteiger charge is -2.51. The van der Waals surface area contributed by atoms with E-state index in [2.05, 4.69) is 24.1 Å². The summed E-state index contributed by atoms with van der Waals surface area (Å²) in [4.78, 5) is 17.8. The Morgan fingerprint density at radius 1 is 1.29 bits per heavy atom. The molecular formula is C17H22F3N3O. The van der Waals surface area contributed by atoms with Gasteiger partial charge in [-0.15, -0.1) is 0 Å². The van der Waals surface area contributed by atoms with Crippen molar-refractivity contribution in [1.82, 2.24) is 15.2 Å². The van der Waals surface area contributed by atoms with E-state index in [0.717, 1.165) is 37.7 Å². The highest BCUT2D eigenvalue weighted by molar-refractivity contribution is 5.92. The molecule has 0 saturated carbocycles. The number of pyridine rings is 1. The van der Waals surface area contributed by atoms with Gasteiger partial charge in [0.05, 0.1) is 5.56 Å². The number of carbonyl (C=O) groups is 1. The highest BCUT2D eigenvalue weighted by Gasteiger charge is 2.44. The molecule has 1 unspecified atom stereocenters. The molecule has 1 aromatic rings. The summed E-state index contributed by atoms with van der Waals surface area (Å²) < 4.78 is 37.7.